The summed E-state index contributed by atoms with van der Waals surface area (Å²) >= 11 is 11.9. The highest BCUT2D eigenvalue weighted by Gasteiger charge is 2.31. The van der Waals surface area contributed by atoms with E-state index < -0.39 is 33.9 Å². The molecule has 27 heavy (non-hydrogen) atoms. The molecular formula is C17H23Cl2N3O4S. The predicted molar refractivity (Wildman–Crippen MR) is 107 cm³/mol. The molecule has 1 unspecified atom stereocenters. The molecular weight excluding hydrogens is 413 g/mol. The summed E-state index contributed by atoms with van der Waals surface area (Å²) in [6.45, 7) is 3.75. The van der Waals surface area contributed by atoms with Crippen molar-refractivity contribution in [1.82, 2.24) is 10.6 Å². The first-order valence-corrected chi connectivity index (χ1v) is 11.2. The molecule has 3 N–H and O–H groups in total. The maximum Gasteiger partial charge on any atom is 0.315 e. The molecule has 0 spiro atoms. The Morgan fingerprint density at radius 2 is 2.00 bits per heavy atom. The van der Waals surface area contributed by atoms with Gasteiger partial charge in [-0.05, 0) is 30.5 Å². The van der Waals surface area contributed by atoms with E-state index in [4.69, 9.17) is 23.2 Å². The van der Waals surface area contributed by atoms with Crippen LogP contribution >= 0.6 is 23.2 Å². The second-order valence-electron chi connectivity index (χ2n) is 6.69. The van der Waals surface area contributed by atoms with E-state index in [2.05, 4.69) is 16.0 Å². The maximum absolute atomic E-state index is 12.7. The van der Waals surface area contributed by atoms with Gasteiger partial charge in [0.1, 0.15) is 6.04 Å². The topological polar surface area (TPSA) is 104 Å². The van der Waals surface area contributed by atoms with Crippen LogP contribution in [0.2, 0.25) is 10.0 Å². The average molecular weight is 436 g/mol. The Morgan fingerprint density at radius 3 is 2.56 bits per heavy atom. The van der Waals surface area contributed by atoms with Crippen molar-refractivity contribution in [3.05, 3.63) is 28.2 Å². The Hall–Kier alpha value is -1.51. The van der Waals surface area contributed by atoms with Crippen molar-refractivity contribution in [2.75, 3.05) is 16.8 Å². The van der Waals surface area contributed by atoms with E-state index in [9.17, 15) is 18.0 Å². The fourth-order valence-corrected chi connectivity index (χ4v) is 4.91. The predicted octanol–water partition coefficient (Wildman–Crippen LogP) is 2.83. The normalized spacial score (nSPS) is 20.5. The number of hydrogen-bond donors (Lipinski definition) is 3. The van der Waals surface area contributed by atoms with Crippen LogP contribution in [0.1, 0.15) is 26.7 Å². The molecule has 1 saturated heterocycles. The number of anilines is 1. The molecule has 1 fully saturated rings. The molecule has 7 nitrogen and oxygen atoms in total. The number of carbonyl (C=O) groups is 2. The van der Waals surface area contributed by atoms with Crippen molar-refractivity contribution < 1.29 is 18.0 Å². The minimum atomic E-state index is -3.10. The van der Waals surface area contributed by atoms with E-state index in [1.54, 1.807) is 12.1 Å². The zero-order chi connectivity index (χ0) is 20.2. The minimum absolute atomic E-state index is 0.0578. The first-order valence-electron chi connectivity index (χ1n) is 8.64. The molecule has 0 saturated carbocycles. The second kappa shape index (κ2) is 9.12. The van der Waals surface area contributed by atoms with Crippen LogP contribution < -0.4 is 16.0 Å². The van der Waals surface area contributed by atoms with Crippen LogP contribution in [0.15, 0.2) is 18.2 Å². The summed E-state index contributed by atoms with van der Waals surface area (Å²) in [6.07, 6.45) is 1.03. The Bertz CT molecular complexity index is 816. The molecule has 0 aromatic heterocycles. The number of amides is 3. The Balaban J connectivity index is 2.03. The van der Waals surface area contributed by atoms with Gasteiger partial charge in [-0.1, -0.05) is 43.5 Å². The van der Waals surface area contributed by atoms with Gasteiger partial charge < -0.3 is 16.0 Å². The maximum atomic E-state index is 12.7. The van der Waals surface area contributed by atoms with E-state index in [-0.39, 0.29) is 17.4 Å². The number of benzene rings is 1. The molecule has 1 aromatic carbocycles. The largest absolute Gasteiger partial charge is 0.334 e. The summed E-state index contributed by atoms with van der Waals surface area (Å²) in [6, 6.07) is 2.88. The molecule has 150 valence electrons. The fraction of sp³-hybridized carbons (Fsp3) is 0.529. The van der Waals surface area contributed by atoms with Crippen molar-refractivity contribution >= 4 is 50.7 Å². The third-order valence-corrected chi connectivity index (χ3v) is 6.85. The fourth-order valence-electron chi connectivity index (χ4n) is 2.78. The van der Waals surface area contributed by atoms with Gasteiger partial charge in [0.2, 0.25) is 5.91 Å². The molecule has 10 heteroatoms. The monoisotopic (exact) mass is 435 g/mol. The van der Waals surface area contributed by atoms with Crippen LogP contribution in [-0.2, 0) is 14.6 Å². The molecule has 0 bridgehead atoms. The van der Waals surface area contributed by atoms with Gasteiger partial charge in [0.25, 0.3) is 0 Å². The lowest BCUT2D eigenvalue weighted by Crippen LogP contribution is -2.53. The third kappa shape index (κ3) is 6.26. The van der Waals surface area contributed by atoms with E-state index >= 15 is 0 Å². The van der Waals surface area contributed by atoms with Crippen LogP contribution in [0, 0.1) is 5.92 Å². The first kappa shape index (κ1) is 21.8. The van der Waals surface area contributed by atoms with Crippen molar-refractivity contribution in [2.45, 2.75) is 38.8 Å². The molecule has 2 rings (SSSR count). The van der Waals surface area contributed by atoms with Crippen LogP contribution in [0.4, 0.5) is 10.5 Å². The van der Waals surface area contributed by atoms with Crippen molar-refractivity contribution in [3.8, 4) is 0 Å². The van der Waals surface area contributed by atoms with Crippen LogP contribution in [0.3, 0.4) is 0 Å². The average Bonchev–Trinajstić information content (AvgIpc) is 2.92. The van der Waals surface area contributed by atoms with Gasteiger partial charge in [0.15, 0.2) is 9.84 Å². The van der Waals surface area contributed by atoms with E-state index in [1.807, 2.05) is 13.8 Å². The van der Waals surface area contributed by atoms with Crippen LogP contribution in [0.5, 0.6) is 0 Å². The third-order valence-electron chi connectivity index (χ3n) is 4.54. The second-order valence-corrected chi connectivity index (χ2v) is 9.77. The molecule has 1 heterocycles. The summed E-state index contributed by atoms with van der Waals surface area (Å²) in [7, 11) is -3.10. The minimum Gasteiger partial charge on any atom is -0.334 e. The van der Waals surface area contributed by atoms with E-state index in [1.165, 1.54) is 6.07 Å². The Morgan fingerprint density at radius 1 is 1.30 bits per heavy atom. The molecule has 1 aromatic rings. The van der Waals surface area contributed by atoms with Crippen LogP contribution in [0.25, 0.3) is 0 Å². The van der Waals surface area contributed by atoms with Gasteiger partial charge in [-0.15, -0.1) is 0 Å². The van der Waals surface area contributed by atoms with Gasteiger partial charge in [-0.25, -0.2) is 13.2 Å². The van der Waals surface area contributed by atoms with Gasteiger partial charge >= 0.3 is 6.03 Å². The summed E-state index contributed by atoms with van der Waals surface area (Å²) in [4.78, 5) is 25.0. The summed E-state index contributed by atoms with van der Waals surface area (Å²) in [5.41, 5.74) is 0.392. The van der Waals surface area contributed by atoms with Gasteiger partial charge in [0.05, 0.1) is 22.2 Å². The van der Waals surface area contributed by atoms with Gasteiger partial charge in [-0.2, -0.15) is 0 Å². The number of hydrogen-bond acceptors (Lipinski definition) is 4. The summed E-state index contributed by atoms with van der Waals surface area (Å²) < 4.78 is 23.0. The van der Waals surface area contributed by atoms with Crippen molar-refractivity contribution in [1.29, 1.82) is 0 Å². The number of carbonyl (C=O) groups excluding carboxylic acids is 2. The Labute approximate surface area is 169 Å². The molecule has 3 atom stereocenters. The highest BCUT2D eigenvalue weighted by molar-refractivity contribution is 7.91. The summed E-state index contributed by atoms with van der Waals surface area (Å²) in [5, 5.41) is 8.71. The lowest BCUT2D eigenvalue weighted by atomic mass is 9.98. The van der Waals surface area contributed by atoms with Gasteiger partial charge in [-0.3, -0.25) is 4.79 Å². The molecule has 1 aliphatic rings. The molecule has 0 aliphatic carbocycles. The zero-order valence-electron chi connectivity index (χ0n) is 15.1. The quantitative estimate of drug-likeness (QED) is 0.638. The number of halogens is 2. The number of nitrogens with one attached hydrogen (secondary N) is 3. The van der Waals surface area contributed by atoms with E-state index in [0.29, 0.717) is 28.6 Å². The number of rotatable bonds is 6. The number of urea groups is 1. The lowest BCUT2D eigenvalue weighted by Gasteiger charge is -2.24. The SMILES string of the molecule is CC[C@H](C)[C@@H](NC(=O)NC1CCS(=O)(=O)C1)C(=O)Nc1ccc(Cl)cc1Cl. The standard InChI is InChI=1S/C17H23Cl2N3O4S/c1-3-10(2)15(16(23)21-14-5-4-11(18)8-13(14)19)22-17(24)20-12-6-7-27(25,26)9-12/h4-5,8,10,12,15H,3,6-7,9H2,1-2H3,(H,21,23)(H2,20,22,24)/t10-,12?,15+/m0/s1. The smallest absolute Gasteiger partial charge is 0.315 e. The molecule has 3 amide bonds. The molecule has 1 aliphatic heterocycles. The van der Waals surface area contributed by atoms with Crippen molar-refractivity contribution in [3.63, 3.8) is 0 Å². The van der Waals surface area contributed by atoms with Gasteiger partial charge in [0, 0.05) is 11.1 Å². The highest BCUT2D eigenvalue weighted by atomic mass is 35.5. The van der Waals surface area contributed by atoms with Crippen molar-refractivity contribution in [2.24, 2.45) is 5.92 Å². The Kier molecular flexibility index (Phi) is 7.36. The van der Waals surface area contributed by atoms with Crippen LogP contribution in [-0.4, -0.2) is 43.9 Å². The first-order chi connectivity index (χ1) is 12.6. The number of sulfone groups is 1. The highest BCUT2D eigenvalue weighted by Crippen LogP contribution is 2.26. The zero-order valence-corrected chi connectivity index (χ0v) is 17.4. The summed E-state index contributed by atoms with van der Waals surface area (Å²) in [5.74, 6) is -0.583. The molecule has 0 radical (unpaired) electrons. The van der Waals surface area contributed by atoms with E-state index in [0.717, 1.165) is 0 Å². The lowest BCUT2D eigenvalue weighted by molar-refractivity contribution is -0.119.